The molecule has 0 atom stereocenters. The van der Waals surface area contributed by atoms with Gasteiger partial charge in [-0.05, 0) is 12.3 Å². The normalized spacial score (nSPS) is 16.9. The van der Waals surface area contributed by atoms with E-state index < -0.39 is 0 Å². The van der Waals surface area contributed by atoms with Crippen molar-refractivity contribution in [3.63, 3.8) is 0 Å². The van der Waals surface area contributed by atoms with Crippen LogP contribution in [-0.2, 0) is 9.59 Å². The predicted octanol–water partition coefficient (Wildman–Crippen LogP) is 1.94. The molecule has 0 aromatic heterocycles. The lowest BCUT2D eigenvalue weighted by atomic mass is 10.0. The Morgan fingerprint density at radius 2 is 1.89 bits per heavy atom. The number of nitrogens with zero attached hydrogens (tertiary/aromatic N) is 1. The summed E-state index contributed by atoms with van der Waals surface area (Å²) in [5.41, 5.74) is 0. The third kappa shape index (κ3) is 6.03. The minimum Gasteiger partial charge on any atom is -0.347 e. The van der Waals surface area contributed by atoms with Gasteiger partial charge in [0.1, 0.15) is 0 Å². The van der Waals surface area contributed by atoms with Crippen LogP contribution in [0, 0.1) is 5.92 Å². The zero-order chi connectivity index (χ0) is 13.4. The van der Waals surface area contributed by atoms with Gasteiger partial charge >= 0.3 is 0 Å². The van der Waals surface area contributed by atoms with Crippen LogP contribution in [0.2, 0.25) is 0 Å². The molecule has 0 radical (unpaired) electrons. The smallest absolute Gasteiger partial charge is 0.241 e. The minimum absolute atomic E-state index is 0.0113. The molecule has 18 heavy (non-hydrogen) atoms. The molecule has 0 aromatic carbocycles. The first-order chi connectivity index (χ1) is 8.59. The van der Waals surface area contributed by atoms with Crippen LogP contribution in [0.25, 0.3) is 0 Å². The molecule has 0 aliphatic carbocycles. The van der Waals surface area contributed by atoms with Crippen LogP contribution in [0.3, 0.4) is 0 Å². The van der Waals surface area contributed by atoms with Crippen molar-refractivity contribution >= 4 is 11.8 Å². The first kappa shape index (κ1) is 15.0. The number of nitrogens with one attached hydrogen (secondary N) is 1. The van der Waals surface area contributed by atoms with Gasteiger partial charge in [-0.25, -0.2) is 0 Å². The van der Waals surface area contributed by atoms with Crippen LogP contribution in [0.1, 0.15) is 52.4 Å². The maximum atomic E-state index is 11.7. The molecule has 2 amide bonds. The third-order valence-corrected chi connectivity index (χ3v) is 3.36. The van der Waals surface area contributed by atoms with E-state index in [2.05, 4.69) is 19.2 Å². The number of rotatable bonds is 7. The van der Waals surface area contributed by atoms with E-state index in [1.54, 1.807) is 0 Å². The molecule has 1 heterocycles. The number of carbonyl (C=O) groups is 2. The Bertz CT molecular complexity index is 277. The molecule has 1 aliphatic rings. The number of amides is 2. The van der Waals surface area contributed by atoms with Gasteiger partial charge < -0.3 is 10.2 Å². The fourth-order valence-corrected chi connectivity index (χ4v) is 2.18. The van der Waals surface area contributed by atoms with E-state index in [1.807, 2.05) is 4.90 Å². The Morgan fingerprint density at radius 1 is 1.17 bits per heavy atom. The van der Waals surface area contributed by atoms with Crippen molar-refractivity contribution < 1.29 is 9.59 Å². The molecule has 1 fully saturated rings. The van der Waals surface area contributed by atoms with Crippen molar-refractivity contribution in [1.82, 2.24) is 10.2 Å². The van der Waals surface area contributed by atoms with Gasteiger partial charge in [0, 0.05) is 19.5 Å². The molecule has 1 N–H and O–H groups in total. The van der Waals surface area contributed by atoms with Gasteiger partial charge in [0.05, 0.1) is 6.54 Å². The van der Waals surface area contributed by atoms with Gasteiger partial charge in [-0.3, -0.25) is 9.59 Å². The molecule has 104 valence electrons. The Morgan fingerprint density at radius 3 is 2.61 bits per heavy atom. The third-order valence-electron chi connectivity index (χ3n) is 3.36. The molecule has 0 spiro atoms. The average molecular weight is 254 g/mol. The molecule has 1 rings (SSSR count). The van der Waals surface area contributed by atoms with E-state index in [0.29, 0.717) is 13.0 Å². The highest BCUT2D eigenvalue weighted by Gasteiger charge is 2.18. The summed E-state index contributed by atoms with van der Waals surface area (Å²) in [6.07, 6.45) is 6.50. The molecule has 0 bridgehead atoms. The Hall–Kier alpha value is -1.06. The van der Waals surface area contributed by atoms with E-state index in [9.17, 15) is 9.59 Å². The summed E-state index contributed by atoms with van der Waals surface area (Å²) >= 11 is 0. The highest BCUT2D eigenvalue weighted by molar-refractivity contribution is 5.87. The van der Waals surface area contributed by atoms with Gasteiger partial charge in [0.15, 0.2) is 0 Å². The second-order valence-corrected chi connectivity index (χ2v) is 5.50. The van der Waals surface area contributed by atoms with Crippen molar-refractivity contribution in [2.45, 2.75) is 52.4 Å². The van der Waals surface area contributed by atoms with Crippen LogP contribution in [0.5, 0.6) is 0 Å². The van der Waals surface area contributed by atoms with Crippen molar-refractivity contribution in [3.8, 4) is 0 Å². The summed E-state index contributed by atoms with van der Waals surface area (Å²) in [6.45, 7) is 6.05. The molecular weight excluding hydrogens is 228 g/mol. The lowest BCUT2D eigenvalue weighted by molar-refractivity contribution is -0.130. The van der Waals surface area contributed by atoms with E-state index in [1.165, 1.54) is 25.7 Å². The van der Waals surface area contributed by atoms with Crippen LogP contribution < -0.4 is 5.32 Å². The predicted molar refractivity (Wildman–Crippen MR) is 72.1 cm³/mol. The molecule has 0 aromatic rings. The number of carbonyl (C=O) groups excluding carboxylic acids is 2. The summed E-state index contributed by atoms with van der Waals surface area (Å²) in [7, 11) is 0. The van der Waals surface area contributed by atoms with Crippen LogP contribution in [0.15, 0.2) is 0 Å². The summed E-state index contributed by atoms with van der Waals surface area (Å²) < 4.78 is 0. The second-order valence-electron chi connectivity index (χ2n) is 5.50. The Kier molecular flexibility index (Phi) is 6.76. The topological polar surface area (TPSA) is 49.4 Å². The summed E-state index contributed by atoms with van der Waals surface area (Å²) in [6, 6.07) is 0. The fourth-order valence-electron chi connectivity index (χ4n) is 2.18. The van der Waals surface area contributed by atoms with E-state index in [0.717, 1.165) is 18.9 Å². The van der Waals surface area contributed by atoms with Crippen LogP contribution in [-0.4, -0.2) is 36.3 Å². The number of hydrogen-bond acceptors (Lipinski definition) is 2. The average Bonchev–Trinajstić information content (AvgIpc) is 2.47. The minimum atomic E-state index is -0.0113. The summed E-state index contributed by atoms with van der Waals surface area (Å²) in [5, 5.41) is 2.62. The monoisotopic (exact) mass is 254 g/mol. The maximum Gasteiger partial charge on any atom is 0.241 e. The van der Waals surface area contributed by atoms with Gasteiger partial charge in [-0.2, -0.15) is 0 Å². The lowest BCUT2D eigenvalue weighted by Crippen LogP contribution is -2.35. The highest BCUT2D eigenvalue weighted by Crippen LogP contribution is 2.10. The molecule has 1 aliphatic heterocycles. The van der Waals surface area contributed by atoms with Gasteiger partial charge in [-0.15, -0.1) is 0 Å². The number of unbranched alkanes of at least 4 members (excludes halogenated alkanes) is 3. The first-order valence-electron chi connectivity index (χ1n) is 7.14. The fraction of sp³-hybridized carbons (Fsp3) is 0.857. The van der Waals surface area contributed by atoms with Gasteiger partial charge in [-0.1, -0.05) is 39.5 Å². The summed E-state index contributed by atoms with van der Waals surface area (Å²) in [4.78, 5) is 24.7. The maximum absolute atomic E-state index is 11.7. The van der Waals surface area contributed by atoms with Crippen molar-refractivity contribution in [1.29, 1.82) is 0 Å². The van der Waals surface area contributed by atoms with Crippen molar-refractivity contribution in [2.24, 2.45) is 5.92 Å². The van der Waals surface area contributed by atoms with Crippen LogP contribution >= 0.6 is 0 Å². The molecular formula is C14H26N2O2. The van der Waals surface area contributed by atoms with E-state index in [-0.39, 0.29) is 18.4 Å². The van der Waals surface area contributed by atoms with Crippen molar-refractivity contribution in [2.75, 3.05) is 19.6 Å². The Labute approximate surface area is 110 Å². The second kappa shape index (κ2) is 8.11. The zero-order valence-corrected chi connectivity index (χ0v) is 11.7. The largest absolute Gasteiger partial charge is 0.347 e. The Balaban J connectivity index is 2.10. The molecule has 4 heteroatoms. The highest BCUT2D eigenvalue weighted by atomic mass is 16.2. The van der Waals surface area contributed by atoms with Gasteiger partial charge in [0.25, 0.3) is 0 Å². The SMILES string of the molecule is CC(C)CCCCCCN1CCC(=O)NCC1=O. The lowest BCUT2D eigenvalue weighted by Gasteiger charge is -2.19. The summed E-state index contributed by atoms with van der Waals surface area (Å²) in [5.74, 6) is 0.833. The van der Waals surface area contributed by atoms with Crippen LogP contribution in [0.4, 0.5) is 0 Å². The molecule has 0 saturated carbocycles. The molecule has 1 saturated heterocycles. The molecule has 4 nitrogen and oxygen atoms in total. The number of hydrogen-bond donors (Lipinski definition) is 1. The van der Waals surface area contributed by atoms with Crippen molar-refractivity contribution in [3.05, 3.63) is 0 Å². The molecule has 0 unspecified atom stereocenters. The van der Waals surface area contributed by atoms with E-state index in [4.69, 9.17) is 0 Å². The quantitative estimate of drug-likeness (QED) is 0.706. The standard InChI is InChI=1S/C14H26N2O2/c1-12(2)7-5-3-4-6-9-16-10-8-13(17)15-11-14(16)18/h12H,3-11H2,1-2H3,(H,15,17). The zero-order valence-electron chi connectivity index (χ0n) is 11.7. The van der Waals surface area contributed by atoms with Gasteiger partial charge in [0.2, 0.25) is 11.8 Å². The first-order valence-corrected chi connectivity index (χ1v) is 7.14. The van der Waals surface area contributed by atoms with E-state index >= 15 is 0 Å².